The Morgan fingerprint density at radius 1 is 0.944 bits per heavy atom. The molecule has 36 heavy (non-hydrogen) atoms. The summed E-state index contributed by atoms with van der Waals surface area (Å²) in [7, 11) is -1.67. The highest BCUT2D eigenvalue weighted by Crippen LogP contribution is 2.34. The Labute approximate surface area is 212 Å². The second-order valence-corrected chi connectivity index (χ2v) is 11.4. The zero-order chi connectivity index (χ0) is 25.3. The van der Waals surface area contributed by atoms with Crippen molar-refractivity contribution in [1.29, 1.82) is 0 Å². The van der Waals surface area contributed by atoms with Crippen LogP contribution in [0.3, 0.4) is 0 Å². The minimum absolute atomic E-state index is 0.143. The van der Waals surface area contributed by atoms with Crippen LogP contribution in [0.2, 0.25) is 0 Å². The molecule has 1 saturated heterocycles. The Morgan fingerprint density at radius 3 is 2.53 bits per heavy atom. The van der Waals surface area contributed by atoms with Crippen LogP contribution in [0.15, 0.2) is 65.6 Å². The van der Waals surface area contributed by atoms with E-state index in [2.05, 4.69) is 10.2 Å². The summed E-state index contributed by atoms with van der Waals surface area (Å²) in [6.45, 7) is 3.91. The summed E-state index contributed by atoms with van der Waals surface area (Å²) in [5.74, 6) is 0.667. The lowest BCUT2D eigenvalue weighted by molar-refractivity contribution is 0.102. The maximum atomic E-state index is 13.3. The molecule has 3 aromatic carbocycles. The lowest BCUT2D eigenvalue weighted by Crippen LogP contribution is -2.35. The van der Waals surface area contributed by atoms with Gasteiger partial charge in [-0.2, -0.15) is 4.31 Å². The molecule has 5 rings (SSSR count). The Kier molecular flexibility index (Phi) is 6.73. The predicted octanol–water partition coefficient (Wildman–Crippen LogP) is 5.21. The topological polar surface area (TPSA) is 79.0 Å². The number of rotatable bonds is 6. The zero-order valence-corrected chi connectivity index (χ0v) is 21.5. The zero-order valence-electron chi connectivity index (χ0n) is 20.7. The van der Waals surface area contributed by atoms with Crippen LogP contribution in [0.5, 0.6) is 11.5 Å². The number of anilines is 2. The molecule has 0 bridgehead atoms. The second-order valence-electron chi connectivity index (χ2n) is 9.51. The molecule has 0 aliphatic carbocycles. The minimum atomic E-state index is -3.68. The SMILES string of the molecule is Cc1cccc(Oc2ccc(S(=O)(=O)N3CCCCC3)cc2NC(=O)c2ccc3c(c2)N(C)CC3)c1. The van der Waals surface area contributed by atoms with Crippen molar-refractivity contribution >= 4 is 27.3 Å². The molecule has 0 atom stereocenters. The monoisotopic (exact) mass is 505 g/mol. The maximum absolute atomic E-state index is 13.3. The number of amides is 1. The Bertz CT molecular complexity index is 1400. The lowest BCUT2D eigenvalue weighted by Gasteiger charge is -2.26. The van der Waals surface area contributed by atoms with Gasteiger partial charge in [0, 0.05) is 37.9 Å². The number of nitrogens with zero attached hydrogens (tertiary/aromatic N) is 2. The van der Waals surface area contributed by atoms with Crippen LogP contribution in [-0.4, -0.2) is 45.3 Å². The van der Waals surface area contributed by atoms with E-state index in [9.17, 15) is 13.2 Å². The van der Waals surface area contributed by atoms with Gasteiger partial charge >= 0.3 is 0 Å². The number of sulfonamides is 1. The molecule has 0 aromatic heterocycles. The highest BCUT2D eigenvalue weighted by Gasteiger charge is 2.27. The Morgan fingerprint density at radius 2 is 1.75 bits per heavy atom. The molecule has 3 aromatic rings. The fourth-order valence-electron chi connectivity index (χ4n) is 4.79. The van der Waals surface area contributed by atoms with Gasteiger partial charge in [-0.15, -0.1) is 0 Å². The average molecular weight is 506 g/mol. The van der Waals surface area contributed by atoms with Crippen LogP contribution in [0.4, 0.5) is 11.4 Å². The number of benzene rings is 3. The molecule has 0 radical (unpaired) electrons. The van der Waals surface area contributed by atoms with Crippen molar-refractivity contribution in [3.63, 3.8) is 0 Å². The summed E-state index contributed by atoms with van der Waals surface area (Å²) >= 11 is 0. The van der Waals surface area contributed by atoms with Gasteiger partial charge in [-0.25, -0.2) is 8.42 Å². The fraction of sp³-hybridized carbons (Fsp3) is 0.321. The maximum Gasteiger partial charge on any atom is 0.255 e. The standard InChI is InChI=1S/C28H31N3O4S/c1-20-7-6-8-23(17-20)35-27-12-11-24(36(33,34)31-14-4-3-5-15-31)19-25(27)29-28(32)22-10-9-21-13-16-30(2)26(21)18-22/h6-12,17-19H,3-5,13-16H2,1-2H3,(H,29,32). The van der Waals surface area contributed by atoms with E-state index < -0.39 is 10.0 Å². The van der Waals surface area contributed by atoms with Gasteiger partial charge < -0.3 is 15.0 Å². The van der Waals surface area contributed by atoms with Crippen molar-refractivity contribution in [3.05, 3.63) is 77.4 Å². The first-order chi connectivity index (χ1) is 17.3. The normalized spacial score (nSPS) is 16.0. The number of hydrogen-bond acceptors (Lipinski definition) is 5. The predicted molar refractivity (Wildman–Crippen MR) is 142 cm³/mol. The van der Waals surface area contributed by atoms with Crippen molar-refractivity contribution in [1.82, 2.24) is 4.31 Å². The van der Waals surface area contributed by atoms with Crippen LogP contribution in [0.25, 0.3) is 0 Å². The van der Waals surface area contributed by atoms with Gasteiger partial charge in [-0.05, 0) is 79.8 Å². The number of carbonyl (C=O) groups is 1. The molecule has 2 heterocycles. The van der Waals surface area contributed by atoms with E-state index in [0.717, 1.165) is 43.5 Å². The van der Waals surface area contributed by atoms with Gasteiger partial charge in [0.15, 0.2) is 5.75 Å². The molecule has 8 heteroatoms. The van der Waals surface area contributed by atoms with E-state index in [1.54, 1.807) is 12.1 Å². The van der Waals surface area contributed by atoms with Gasteiger partial charge in [-0.3, -0.25) is 4.79 Å². The van der Waals surface area contributed by atoms with E-state index >= 15 is 0 Å². The van der Waals surface area contributed by atoms with Crippen LogP contribution in [0, 0.1) is 6.92 Å². The van der Waals surface area contributed by atoms with Gasteiger partial charge in [0.25, 0.3) is 5.91 Å². The van der Waals surface area contributed by atoms with E-state index in [-0.39, 0.29) is 10.8 Å². The molecule has 2 aliphatic rings. The van der Waals surface area contributed by atoms with E-state index in [4.69, 9.17) is 4.74 Å². The van der Waals surface area contributed by atoms with Gasteiger partial charge in [-0.1, -0.05) is 24.6 Å². The molecule has 7 nitrogen and oxygen atoms in total. The summed E-state index contributed by atoms with van der Waals surface area (Å²) in [6.07, 6.45) is 3.69. The quantitative estimate of drug-likeness (QED) is 0.498. The van der Waals surface area contributed by atoms with Crippen molar-refractivity contribution in [2.24, 2.45) is 0 Å². The van der Waals surface area contributed by atoms with E-state index in [1.165, 1.54) is 15.9 Å². The molecular weight excluding hydrogens is 474 g/mol. The number of nitrogens with one attached hydrogen (secondary N) is 1. The fourth-order valence-corrected chi connectivity index (χ4v) is 6.34. The van der Waals surface area contributed by atoms with E-state index in [0.29, 0.717) is 35.8 Å². The van der Waals surface area contributed by atoms with Gasteiger partial charge in [0.1, 0.15) is 5.75 Å². The number of hydrogen-bond donors (Lipinski definition) is 1. The number of aryl methyl sites for hydroxylation is 1. The molecular formula is C28H31N3O4S. The van der Waals surface area contributed by atoms with Crippen molar-refractivity contribution < 1.29 is 17.9 Å². The summed E-state index contributed by atoms with van der Waals surface area (Å²) in [5.41, 5.74) is 4.11. The number of carbonyl (C=O) groups excluding carboxylic acids is 1. The Hall–Kier alpha value is -3.36. The molecule has 188 valence electrons. The summed E-state index contributed by atoms with van der Waals surface area (Å²) in [5, 5.41) is 2.92. The first-order valence-electron chi connectivity index (χ1n) is 12.4. The number of likely N-dealkylation sites (N-methyl/N-ethyl adjacent to an activating group) is 1. The summed E-state index contributed by atoms with van der Waals surface area (Å²) < 4.78 is 34.3. The molecule has 0 unspecified atom stereocenters. The first-order valence-corrected chi connectivity index (χ1v) is 13.8. The van der Waals surface area contributed by atoms with Crippen molar-refractivity contribution in [3.8, 4) is 11.5 Å². The van der Waals surface area contributed by atoms with Crippen LogP contribution < -0.4 is 15.0 Å². The number of fused-ring (bicyclic) bond motifs is 1. The largest absolute Gasteiger partial charge is 0.455 e. The van der Waals surface area contributed by atoms with Crippen molar-refractivity contribution in [2.45, 2.75) is 37.5 Å². The number of ether oxygens (including phenoxy) is 1. The molecule has 2 aliphatic heterocycles. The second kappa shape index (κ2) is 9.95. The third kappa shape index (κ3) is 4.96. The van der Waals surface area contributed by atoms with E-state index in [1.807, 2.05) is 56.4 Å². The van der Waals surface area contributed by atoms with Gasteiger partial charge in [0.2, 0.25) is 10.0 Å². The Balaban J connectivity index is 1.49. The average Bonchev–Trinajstić information content (AvgIpc) is 3.25. The van der Waals surface area contributed by atoms with Crippen LogP contribution in [-0.2, 0) is 16.4 Å². The third-order valence-electron chi connectivity index (χ3n) is 6.84. The first kappa shape index (κ1) is 24.3. The minimum Gasteiger partial charge on any atom is -0.455 e. The smallest absolute Gasteiger partial charge is 0.255 e. The molecule has 0 saturated carbocycles. The summed E-state index contributed by atoms with van der Waals surface area (Å²) in [6, 6.07) is 17.9. The highest BCUT2D eigenvalue weighted by atomic mass is 32.2. The van der Waals surface area contributed by atoms with Crippen molar-refractivity contribution in [2.75, 3.05) is 36.9 Å². The lowest BCUT2D eigenvalue weighted by atomic mass is 10.1. The molecule has 1 N–H and O–H groups in total. The molecule has 1 amide bonds. The van der Waals surface area contributed by atoms with Crippen LogP contribution >= 0.6 is 0 Å². The third-order valence-corrected chi connectivity index (χ3v) is 8.74. The van der Waals surface area contributed by atoms with Gasteiger partial charge in [0.05, 0.1) is 10.6 Å². The number of piperidine rings is 1. The summed E-state index contributed by atoms with van der Waals surface area (Å²) in [4.78, 5) is 15.6. The molecule has 0 spiro atoms. The highest BCUT2D eigenvalue weighted by molar-refractivity contribution is 7.89. The van der Waals surface area contributed by atoms with Crippen LogP contribution in [0.1, 0.15) is 40.7 Å². The molecule has 1 fully saturated rings.